The topological polar surface area (TPSA) is 52.0 Å². The predicted octanol–water partition coefficient (Wildman–Crippen LogP) is 6.49. The fraction of sp³-hybridized carbons (Fsp3) is 1.00. The molecule has 0 aromatic heterocycles. The van der Waals surface area contributed by atoms with E-state index < -0.39 is 6.51 Å². The Balaban J connectivity index is 0.000000642. The molecule has 10 rings (SSSR count). The second kappa shape index (κ2) is 1.63. The molecule has 0 aliphatic carbocycles. The number of hydrogen-bond donors (Lipinski definition) is 2. The first-order chi connectivity index (χ1) is 10.9. The Morgan fingerprint density at radius 3 is 0.926 bits per heavy atom. The molecule has 0 bridgehead atoms. The standard InChI is InChI=1S/2C11H18N.2ClH.Fe/c2*1-10(2,3)11(4,12)9-7-5-6-8-9;;;/h2*5-8H,12H2,1-4H3;2*1H;. The van der Waals surface area contributed by atoms with Crippen LogP contribution in [-0.4, -0.2) is 11.1 Å². The van der Waals surface area contributed by atoms with Crippen LogP contribution in [0.4, 0.5) is 0 Å². The van der Waals surface area contributed by atoms with Crippen LogP contribution in [0.25, 0.3) is 0 Å². The summed E-state index contributed by atoms with van der Waals surface area (Å²) in [7, 11) is 0. The molecule has 2 nitrogen and oxygen atoms in total. The average Bonchev–Trinajstić information content (AvgIpc) is 3.37. The predicted molar refractivity (Wildman–Crippen MR) is 114 cm³/mol. The zero-order chi connectivity index (χ0) is 17.9. The first-order valence-corrected chi connectivity index (χ1v) is 16.9. The molecule has 10 saturated heterocycles. The maximum atomic E-state index is 7.48. The minimum Gasteiger partial charge on any atom is -0.147 e. The molecule has 4 N–H and O–H groups in total. The van der Waals surface area contributed by atoms with Crippen molar-refractivity contribution in [1.29, 1.82) is 0 Å². The smallest absolute Gasteiger partial charge is 0.147 e. The van der Waals surface area contributed by atoms with Gasteiger partial charge in [0.05, 0.1) is 0 Å². The second-order valence-electron chi connectivity index (χ2n) is 16.7. The number of rotatable bonds is 2. The number of fused-ring (bicyclic) bond motifs is 10. The van der Waals surface area contributed by atoms with E-state index in [9.17, 15) is 0 Å². The van der Waals surface area contributed by atoms with E-state index in [1.807, 2.05) is 0 Å². The molecule has 10 unspecified atom stereocenters. The molecule has 1 spiro atoms. The Labute approximate surface area is 166 Å². The van der Waals surface area contributed by atoms with Crippen LogP contribution in [0.3, 0.4) is 0 Å². The van der Waals surface area contributed by atoms with Crippen molar-refractivity contribution >= 4 is 24.8 Å². The maximum Gasteiger partial charge on any atom is -0.147 e. The summed E-state index contributed by atoms with van der Waals surface area (Å²) in [5.41, 5.74) is 15.5. The summed E-state index contributed by atoms with van der Waals surface area (Å²) in [5, 5.41) is 0. The van der Waals surface area contributed by atoms with Gasteiger partial charge in [0.1, 0.15) is 0 Å². The third-order valence-electron chi connectivity index (χ3n) is 19.5. The number of nitrogens with two attached hydrogens (primary N) is 2. The SMILES string of the molecule is CC(C)(C)C(C)(N)[C]12[CH]3[CH]4[CH]5[CH]1[Fe]45321678[CH]2[CH]1[CH]6[C]7(C(C)(N)C(C)(C)C)[CH]28.Cl.Cl. The van der Waals surface area contributed by atoms with E-state index in [4.69, 9.17) is 11.5 Å². The summed E-state index contributed by atoms with van der Waals surface area (Å²) in [4.78, 5) is 9.67. The van der Waals surface area contributed by atoms with Crippen LogP contribution < -0.4 is 11.5 Å². The quantitative estimate of drug-likeness (QED) is 0.466. The Kier molecular flexibility index (Phi) is 1.01. The minimum absolute atomic E-state index is 0. The van der Waals surface area contributed by atoms with Gasteiger partial charge in [-0.2, -0.15) is 0 Å². The average molecular weight is 457 g/mol. The van der Waals surface area contributed by atoms with Gasteiger partial charge in [-0.05, 0) is 0 Å². The number of halogens is 2. The largest absolute Gasteiger partial charge is 0.147 e. The Morgan fingerprint density at radius 1 is 0.556 bits per heavy atom. The van der Waals surface area contributed by atoms with Crippen molar-refractivity contribution in [3.8, 4) is 0 Å². The van der Waals surface area contributed by atoms with Crippen LogP contribution in [0.15, 0.2) is 0 Å². The van der Waals surface area contributed by atoms with E-state index in [0.717, 1.165) is 0 Å². The zero-order valence-corrected chi connectivity index (χ0v) is 20.7. The van der Waals surface area contributed by atoms with Crippen LogP contribution >= 0.6 is 24.8 Å². The minimum atomic E-state index is -3.65. The molecule has 27 heavy (non-hydrogen) atoms. The van der Waals surface area contributed by atoms with Crippen molar-refractivity contribution < 1.29 is 6.51 Å². The van der Waals surface area contributed by atoms with Gasteiger partial charge in [0, 0.05) is 0 Å². The van der Waals surface area contributed by atoms with Gasteiger partial charge in [-0.25, -0.2) is 0 Å². The van der Waals surface area contributed by atoms with Gasteiger partial charge >= 0.3 is 142 Å². The van der Waals surface area contributed by atoms with Crippen LogP contribution in [0.1, 0.15) is 55.4 Å². The van der Waals surface area contributed by atoms with E-state index in [-0.39, 0.29) is 46.7 Å². The zero-order valence-electron chi connectivity index (χ0n) is 17.9. The van der Waals surface area contributed by atoms with Gasteiger partial charge in [-0.3, -0.25) is 0 Å². The third-order valence-corrected chi connectivity index (χ3v) is 62.8. The first kappa shape index (κ1) is 16.7. The van der Waals surface area contributed by atoms with E-state index in [2.05, 4.69) is 55.4 Å². The molecule has 10 fully saturated rings. The van der Waals surface area contributed by atoms with Crippen LogP contribution in [0, 0.1) is 10.8 Å². The van der Waals surface area contributed by atoms with E-state index in [1.165, 1.54) is 38.5 Å². The Morgan fingerprint density at radius 2 is 0.778 bits per heavy atom. The van der Waals surface area contributed by atoms with E-state index in [0.29, 0.717) is 8.63 Å². The molecule has 0 amide bonds. The fourth-order valence-electron chi connectivity index (χ4n) is 20.6. The molecular formula is C22H38Cl2FeN2. The van der Waals surface area contributed by atoms with Gasteiger partial charge in [-0.15, -0.1) is 24.8 Å². The molecular weight excluding hydrogens is 419 g/mol. The van der Waals surface area contributed by atoms with Gasteiger partial charge in [-0.1, -0.05) is 0 Å². The van der Waals surface area contributed by atoms with Crippen molar-refractivity contribution in [2.24, 2.45) is 22.3 Å². The van der Waals surface area contributed by atoms with Crippen molar-refractivity contribution in [2.75, 3.05) is 0 Å². The number of hydrogen-bond acceptors (Lipinski definition) is 2. The first-order valence-electron chi connectivity index (χ1n) is 10.7. The van der Waals surface area contributed by atoms with E-state index in [1.54, 1.807) is 0 Å². The normalized spacial score (nSPS) is 87.6. The van der Waals surface area contributed by atoms with Crippen molar-refractivity contribution in [3.05, 3.63) is 0 Å². The summed E-state index contributed by atoms with van der Waals surface area (Å²) in [6.45, 7) is 16.0. The molecule has 10 aliphatic heterocycles. The van der Waals surface area contributed by atoms with Gasteiger partial charge < -0.3 is 0 Å². The van der Waals surface area contributed by atoms with Gasteiger partial charge in [0.25, 0.3) is 0 Å². The molecule has 5 heteroatoms. The molecule has 158 valence electrons. The third kappa shape index (κ3) is 0.244. The monoisotopic (exact) mass is 456 g/mol. The maximum absolute atomic E-state index is 7.48. The second-order valence-corrected chi connectivity index (χ2v) is 39.9. The van der Waals surface area contributed by atoms with Crippen molar-refractivity contribution in [2.45, 2.75) is 114 Å². The molecule has 10 heterocycles. The summed E-state index contributed by atoms with van der Waals surface area (Å²) in [6.07, 6.45) is 0. The van der Waals surface area contributed by atoms with E-state index >= 15 is 0 Å². The molecule has 10 atom stereocenters. The van der Waals surface area contributed by atoms with Crippen LogP contribution in [0.2, 0.25) is 47.2 Å². The van der Waals surface area contributed by atoms with Gasteiger partial charge in [0.2, 0.25) is 0 Å². The molecule has 0 saturated carbocycles. The van der Waals surface area contributed by atoms with Crippen molar-refractivity contribution in [1.82, 2.24) is 0 Å². The Hall–Kier alpha value is 1.02. The summed E-state index contributed by atoms with van der Waals surface area (Å²) in [5.74, 6) is 0. The van der Waals surface area contributed by atoms with Crippen LogP contribution in [0.5, 0.6) is 0 Å². The summed E-state index contributed by atoms with van der Waals surface area (Å²) < 4.78 is 1.32. The molecule has 0 aromatic carbocycles. The van der Waals surface area contributed by atoms with Crippen molar-refractivity contribution in [3.63, 3.8) is 0 Å². The Bertz CT molecular complexity index is 1170. The molecule has 0 radical (unpaired) electrons. The van der Waals surface area contributed by atoms with Gasteiger partial charge in [0.15, 0.2) is 0 Å². The fourth-order valence-corrected chi connectivity index (χ4v) is 101. The van der Waals surface area contributed by atoms with Crippen LogP contribution in [-0.2, 0) is 6.51 Å². The summed E-state index contributed by atoms with van der Waals surface area (Å²) >= 11 is 0. The molecule has 10 aliphatic rings. The molecule has 0 aromatic rings. The summed E-state index contributed by atoms with van der Waals surface area (Å²) in [6, 6.07) is 0.